The van der Waals surface area contributed by atoms with Crippen molar-refractivity contribution in [3.05, 3.63) is 34.6 Å². The predicted molar refractivity (Wildman–Crippen MR) is 45.6 cm³/mol. The Hall–Kier alpha value is -1.70. The van der Waals surface area contributed by atoms with Crippen molar-refractivity contribution in [3.63, 3.8) is 0 Å². The Morgan fingerprint density at radius 2 is 1.35 bits per heavy atom. The minimum atomic E-state index is -2.25. The van der Waals surface area contributed by atoms with Crippen LogP contribution < -0.4 is 5.32 Å². The van der Waals surface area contributed by atoms with Gasteiger partial charge in [0.25, 0.3) is 0 Å². The minimum absolute atomic E-state index is 0.667. The van der Waals surface area contributed by atoms with Crippen LogP contribution in [0.4, 0.5) is 22.0 Å². The molecule has 0 aliphatic heterocycles. The molecular weight excluding hydrogens is 249 g/mol. The van der Waals surface area contributed by atoms with Gasteiger partial charge in [-0.05, 0) is 0 Å². The number of nitrogens with one attached hydrogen (secondary N) is 1. The lowest BCUT2D eigenvalue weighted by atomic mass is 10.1. The van der Waals surface area contributed by atoms with Gasteiger partial charge in [-0.3, -0.25) is 4.79 Å². The molecule has 0 atom stereocenters. The van der Waals surface area contributed by atoms with E-state index in [4.69, 9.17) is 5.11 Å². The van der Waals surface area contributed by atoms with Gasteiger partial charge in [0.15, 0.2) is 23.3 Å². The normalized spacial score (nSPS) is 10.6. The van der Waals surface area contributed by atoms with Crippen molar-refractivity contribution in [1.29, 1.82) is 0 Å². The summed E-state index contributed by atoms with van der Waals surface area (Å²) in [7, 11) is 0. The summed E-state index contributed by atoms with van der Waals surface area (Å²) in [6.07, 6.45) is 0. The number of carbonyl (C=O) groups is 1. The van der Waals surface area contributed by atoms with Crippen LogP contribution in [0.3, 0.4) is 0 Å². The number of carboxylic acid groups (broad SMARTS) is 1. The third-order valence-electron chi connectivity index (χ3n) is 1.88. The third kappa shape index (κ3) is 2.70. The van der Waals surface area contributed by atoms with Crippen molar-refractivity contribution in [2.24, 2.45) is 0 Å². The molecule has 0 bridgehead atoms. The first-order chi connectivity index (χ1) is 7.86. The van der Waals surface area contributed by atoms with E-state index in [0.29, 0.717) is 0 Å². The van der Waals surface area contributed by atoms with Crippen LogP contribution in [0, 0.1) is 29.1 Å². The Balaban J connectivity index is 3.03. The lowest BCUT2D eigenvalue weighted by molar-refractivity contribution is -0.136. The third-order valence-corrected chi connectivity index (χ3v) is 1.88. The van der Waals surface area contributed by atoms with Crippen LogP contribution in [0.2, 0.25) is 0 Å². The first-order valence-corrected chi connectivity index (χ1v) is 4.29. The first-order valence-electron chi connectivity index (χ1n) is 4.29. The highest BCUT2D eigenvalue weighted by molar-refractivity contribution is 5.68. The summed E-state index contributed by atoms with van der Waals surface area (Å²) in [4.78, 5) is 10.1. The van der Waals surface area contributed by atoms with Gasteiger partial charge in [-0.2, -0.15) is 0 Å². The summed E-state index contributed by atoms with van der Waals surface area (Å²) in [6.45, 7) is -1.45. The highest BCUT2D eigenvalue weighted by atomic mass is 19.2. The fourth-order valence-electron chi connectivity index (χ4n) is 1.10. The van der Waals surface area contributed by atoms with Crippen LogP contribution in [-0.2, 0) is 11.3 Å². The van der Waals surface area contributed by atoms with Gasteiger partial charge in [-0.25, -0.2) is 22.0 Å². The van der Waals surface area contributed by atoms with Crippen LogP contribution in [-0.4, -0.2) is 17.6 Å². The zero-order valence-corrected chi connectivity index (χ0v) is 8.16. The number of halogens is 5. The van der Waals surface area contributed by atoms with Crippen molar-refractivity contribution in [3.8, 4) is 0 Å². The molecule has 1 aromatic rings. The van der Waals surface area contributed by atoms with Crippen LogP contribution in [0.1, 0.15) is 5.56 Å². The van der Waals surface area contributed by atoms with E-state index in [1.165, 1.54) is 0 Å². The van der Waals surface area contributed by atoms with E-state index in [2.05, 4.69) is 0 Å². The molecule has 0 saturated heterocycles. The fourth-order valence-corrected chi connectivity index (χ4v) is 1.10. The molecule has 94 valence electrons. The fraction of sp³-hybridized carbons (Fsp3) is 0.222. The average Bonchev–Trinajstić information content (AvgIpc) is 2.28. The standard InChI is InChI=1S/C9H6F5NO2/c10-5-3(1-15-2-4(16)17)6(11)8(13)9(14)7(5)12/h15H,1-2H2,(H,16,17). The Morgan fingerprint density at radius 1 is 0.941 bits per heavy atom. The van der Waals surface area contributed by atoms with Crippen LogP contribution in [0.25, 0.3) is 0 Å². The lowest BCUT2D eigenvalue weighted by Gasteiger charge is -2.08. The van der Waals surface area contributed by atoms with E-state index >= 15 is 0 Å². The van der Waals surface area contributed by atoms with Gasteiger partial charge in [0.1, 0.15) is 0 Å². The molecule has 0 fully saturated rings. The second-order valence-corrected chi connectivity index (χ2v) is 3.05. The summed E-state index contributed by atoms with van der Waals surface area (Å²) in [5, 5.41) is 10.2. The monoisotopic (exact) mass is 255 g/mol. The SMILES string of the molecule is O=C(O)CNCc1c(F)c(F)c(F)c(F)c1F. The van der Waals surface area contributed by atoms with E-state index < -0.39 is 53.7 Å². The topological polar surface area (TPSA) is 49.3 Å². The van der Waals surface area contributed by atoms with Crippen molar-refractivity contribution >= 4 is 5.97 Å². The largest absolute Gasteiger partial charge is 0.480 e. The molecule has 0 spiro atoms. The van der Waals surface area contributed by atoms with Gasteiger partial charge in [-0.15, -0.1) is 0 Å². The van der Waals surface area contributed by atoms with E-state index in [1.807, 2.05) is 5.32 Å². The van der Waals surface area contributed by atoms with Crippen LogP contribution >= 0.6 is 0 Å². The van der Waals surface area contributed by atoms with E-state index in [1.54, 1.807) is 0 Å². The van der Waals surface area contributed by atoms with Crippen molar-refractivity contribution in [1.82, 2.24) is 5.32 Å². The summed E-state index contributed by atoms with van der Waals surface area (Å²) in [5.74, 6) is -11.6. The molecule has 0 aliphatic carbocycles. The van der Waals surface area contributed by atoms with Gasteiger partial charge in [-0.1, -0.05) is 0 Å². The zero-order valence-electron chi connectivity index (χ0n) is 8.16. The molecule has 0 heterocycles. The second kappa shape index (κ2) is 5.09. The predicted octanol–water partition coefficient (Wildman–Crippen LogP) is 1.56. The van der Waals surface area contributed by atoms with E-state index in [9.17, 15) is 26.7 Å². The van der Waals surface area contributed by atoms with Gasteiger partial charge in [0.05, 0.1) is 6.54 Å². The Bertz CT molecular complexity index is 434. The number of aliphatic carboxylic acids is 1. The molecule has 17 heavy (non-hydrogen) atoms. The van der Waals surface area contributed by atoms with Crippen molar-refractivity contribution in [2.45, 2.75) is 6.54 Å². The van der Waals surface area contributed by atoms with Crippen LogP contribution in [0.5, 0.6) is 0 Å². The number of hydrogen-bond acceptors (Lipinski definition) is 2. The molecule has 0 saturated carbocycles. The van der Waals surface area contributed by atoms with Gasteiger partial charge < -0.3 is 10.4 Å². The quantitative estimate of drug-likeness (QED) is 0.487. The van der Waals surface area contributed by atoms with Gasteiger partial charge in [0, 0.05) is 12.1 Å². The molecule has 0 aromatic heterocycles. The maximum Gasteiger partial charge on any atom is 0.317 e. The smallest absolute Gasteiger partial charge is 0.317 e. The summed E-state index contributed by atoms with van der Waals surface area (Å²) in [6, 6.07) is 0. The van der Waals surface area contributed by atoms with Crippen molar-refractivity contribution in [2.75, 3.05) is 6.54 Å². The van der Waals surface area contributed by atoms with Gasteiger partial charge >= 0.3 is 5.97 Å². The highest BCUT2D eigenvalue weighted by Crippen LogP contribution is 2.22. The molecule has 8 heteroatoms. The summed E-state index contributed by atoms with van der Waals surface area (Å²) < 4.78 is 64.0. The molecular formula is C9H6F5NO2. The van der Waals surface area contributed by atoms with E-state index in [-0.39, 0.29) is 0 Å². The van der Waals surface area contributed by atoms with E-state index in [0.717, 1.165) is 0 Å². The molecule has 0 amide bonds. The van der Waals surface area contributed by atoms with Crippen molar-refractivity contribution < 1.29 is 31.9 Å². The Kier molecular flexibility index (Phi) is 4.00. The zero-order chi connectivity index (χ0) is 13.2. The molecule has 2 N–H and O–H groups in total. The first kappa shape index (κ1) is 13.4. The lowest BCUT2D eigenvalue weighted by Crippen LogP contribution is -2.24. The Labute approximate surface area is 91.9 Å². The summed E-state index contributed by atoms with van der Waals surface area (Å²) in [5.41, 5.74) is -1.09. The molecule has 0 radical (unpaired) electrons. The molecule has 0 aliphatic rings. The molecule has 1 aromatic carbocycles. The summed E-state index contributed by atoms with van der Waals surface area (Å²) >= 11 is 0. The highest BCUT2D eigenvalue weighted by Gasteiger charge is 2.25. The molecule has 0 unspecified atom stereocenters. The Morgan fingerprint density at radius 3 is 1.76 bits per heavy atom. The second-order valence-electron chi connectivity index (χ2n) is 3.05. The van der Waals surface area contributed by atoms with Gasteiger partial charge in [0.2, 0.25) is 5.82 Å². The number of carboxylic acids is 1. The molecule has 1 rings (SSSR count). The maximum absolute atomic E-state index is 13.0. The molecule has 3 nitrogen and oxygen atoms in total. The maximum atomic E-state index is 13.0. The number of rotatable bonds is 4. The minimum Gasteiger partial charge on any atom is -0.480 e. The average molecular weight is 255 g/mol. The number of benzene rings is 1. The van der Waals surface area contributed by atoms with Crippen LogP contribution in [0.15, 0.2) is 0 Å². The number of hydrogen-bond donors (Lipinski definition) is 2.